The quantitative estimate of drug-likeness (QED) is 0.686. The van der Waals surface area contributed by atoms with E-state index in [1.165, 1.54) is 7.11 Å². The van der Waals surface area contributed by atoms with Crippen LogP contribution in [0.3, 0.4) is 0 Å². The third-order valence-electron chi connectivity index (χ3n) is 5.27. The van der Waals surface area contributed by atoms with Crippen molar-refractivity contribution in [1.82, 2.24) is 15.6 Å². The van der Waals surface area contributed by atoms with Crippen LogP contribution in [-0.4, -0.2) is 30.5 Å². The second kappa shape index (κ2) is 10.6. The minimum Gasteiger partial charge on any atom is -0.496 e. The number of amides is 2. The first-order valence-corrected chi connectivity index (χ1v) is 10.4. The molecule has 0 bridgehead atoms. The molecule has 0 aliphatic heterocycles. The Morgan fingerprint density at radius 3 is 2.60 bits per heavy atom. The highest BCUT2D eigenvalue weighted by Gasteiger charge is 2.22. The first-order chi connectivity index (χ1) is 14.6. The number of nitrogens with zero attached hydrogens (tertiary/aromatic N) is 1. The Kier molecular flexibility index (Phi) is 7.60. The molecule has 1 fully saturated rings. The summed E-state index contributed by atoms with van der Waals surface area (Å²) < 4.78 is 5.36. The monoisotopic (exact) mass is 407 g/mol. The molecule has 30 heavy (non-hydrogen) atoms. The molecule has 2 N–H and O–H groups in total. The Hall–Kier alpha value is -3.15. The highest BCUT2D eigenvalue weighted by Crippen LogP contribution is 2.26. The Morgan fingerprint density at radius 1 is 1.10 bits per heavy atom. The molecule has 2 aromatic rings. The Balaban J connectivity index is 1.74. The molecular weight excluding hydrogens is 378 g/mol. The molecule has 1 aliphatic rings. The van der Waals surface area contributed by atoms with Gasteiger partial charge in [-0.1, -0.05) is 18.6 Å². The van der Waals surface area contributed by atoms with Gasteiger partial charge in [0, 0.05) is 24.9 Å². The van der Waals surface area contributed by atoms with Gasteiger partial charge in [0.2, 0.25) is 0 Å². The number of ether oxygens (including phenoxy) is 1. The number of hydrogen-bond donors (Lipinski definition) is 2. The molecule has 0 spiro atoms. The number of aryl methyl sites for hydroxylation is 1. The van der Waals surface area contributed by atoms with Gasteiger partial charge in [-0.2, -0.15) is 0 Å². The summed E-state index contributed by atoms with van der Waals surface area (Å²) in [6, 6.07) is 11.1. The standard InChI is InChI=1S/C24H29N3O3/c1-17-11-12-20(21(16-17)30-2)23(28)27-22(18-8-4-3-5-9-18)24(29)26-15-13-19-10-6-7-14-25-19/h6-7,10-12,14,16H,3-5,8-9,13,15H2,1-2H3,(H,26,29)(H,27,28). The van der Waals surface area contributed by atoms with E-state index in [1.54, 1.807) is 12.3 Å². The minimum atomic E-state index is -0.334. The van der Waals surface area contributed by atoms with Gasteiger partial charge in [0.15, 0.2) is 0 Å². The average molecular weight is 408 g/mol. The van der Waals surface area contributed by atoms with Crippen LogP contribution >= 0.6 is 0 Å². The number of pyridine rings is 1. The van der Waals surface area contributed by atoms with Crippen LogP contribution in [0.15, 0.2) is 53.9 Å². The molecule has 6 heteroatoms. The van der Waals surface area contributed by atoms with Gasteiger partial charge >= 0.3 is 0 Å². The van der Waals surface area contributed by atoms with Crippen molar-refractivity contribution in [3.05, 3.63) is 70.7 Å². The lowest BCUT2D eigenvalue weighted by Gasteiger charge is -2.20. The molecule has 6 nitrogen and oxygen atoms in total. The highest BCUT2D eigenvalue weighted by atomic mass is 16.5. The topological polar surface area (TPSA) is 80.3 Å². The fraction of sp³-hybridized carbons (Fsp3) is 0.375. The van der Waals surface area contributed by atoms with Crippen LogP contribution in [0.5, 0.6) is 5.75 Å². The molecule has 0 atom stereocenters. The fourth-order valence-corrected chi connectivity index (χ4v) is 3.64. The number of allylic oxidation sites excluding steroid dienone is 1. The summed E-state index contributed by atoms with van der Waals surface area (Å²) in [5.74, 6) is -0.0851. The number of methoxy groups -OCH3 is 1. The molecule has 1 aromatic carbocycles. The molecule has 0 radical (unpaired) electrons. The summed E-state index contributed by atoms with van der Waals surface area (Å²) in [5, 5.41) is 5.82. The van der Waals surface area contributed by atoms with E-state index in [0.717, 1.165) is 48.9 Å². The van der Waals surface area contributed by atoms with Crippen molar-refractivity contribution in [1.29, 1.82) is 0 Å². The smallest absolute Gasteiger partial charge is 0.267 e. The van der Waals surface area contributed by atoms with Crippen LogP contribution in [0.1, 0.15) is 53.7 Å². The number of carbonyl (C=O) groups excluding carboxylic acids is 2. The van der Waals surface area contributed by atoms with Crippen molar-refractivity contribution in [2.45, 2.75) is 45.4 Å². The van der Waals surface area contributed by atoms with Gasteiger partial charge in [-0.25, -0.2) is 0 Å². The molecule has 3 rings (SSSR count). The second-order valence-corrected chi connectivity index (χ2v) is 7.52. The third-order valence-corrected chi connectivity index (χ3v) is 5.27. The van der Waals surface area contributed by atoms with Crippen molar-refractivity contribution in [2.24, 2.45) is 0 Å². The number of rotatable bonds is 7. The van der Waals surface area contributed by atoms with Crippen LogP contribution in [-0.2, 0) is 11.2 Å². The zero-order valence-electron chi connectivity index (χ0n) is 17.7. The van der Waals surface area contributed by atoms with E-state index in [4.69, 9.17) is 4.74 Å². The lowest BCUT2D eigenvalue weighted by atomic mass is 9.93. The van der Waals surface area contributed by atoms with E-state index in [-0.39, 0.29) is 11.8 Å². The second-order valence-electron chi connectivity index (χ2n) is 7.52. The highest BCUT2D eigenvalue weighted by molar-refractivity contribution is 6.04. The lowest BCUT2D eigenvalue weighted by molar-refractivity contribution is -0.117. The zero-order valence-corrected chi connectivity index (χ0v) is 17.7. The molecule has 1 heterocycles. The number of benzene rings is 1. The molecule has 1 aromatic heterocycles. The van der Waals surface area contributed by atoms with E-state index in [9.17, 15) is 9.59 Å². The molecule has 0 unspecified atom stereocenters. The van der Waals surface area contributed by atoms with E-state index < -0.39 is 0 Å². The average Bonchev–Trinajstić information content (AvgIpc) is 2.78. The van der Waals surface area contributed by atoms with E-state index in [0.29, 0.717) is 30.0 Å². The zero-order chi connectivity index (χ0) is 21.3. The van der Waals surface area contributed by atoms with Crippen LogP contribution in [0.25, 0.3) is 0 Å². The van der Waals surface area contributed by atoms with Gasteiger partial charge in [0.25, 0.3) is 11.8 Å². The van der Waals surface area contributed by atoms with Crippen molar-refractivity contribution in [2.75, 3.05) is 13.7 Å². The minimum absolute atomic E-state index is 0.248. The Bertz CT molecular complexity index is 915. The largest absolute Gasteiger partial charge is 0.496 e. The van der Waals surface area contributed by atoms with Crippen LogP contribution < -0.4 is 15.4 Å². The number of hydrogen-bond acceptors (Lipinski definition) is 4. The van der Waals surface area contributed by atoms with Crippen LogP contribution in [0, 0.1) is 6.92 Å². The molecule has 2 amide bonds. The normalized spacial score (nSPS) is 13.5. The first kappa shape index (κ1) is 21.6. The maximum absolute atomic E-state index is 13.0. The molecule has 1 aliphatic carbocycles. The summed E-state index contributed by atoms with van der Waals surface area (Å²) in [6.45, 7) is 2.39. The van der Waals surface area contributed by atoms with Gasteiger partial charge in [-0.3, -0.25) is 14.6 Å². The number of carbonyl (C=O) groups is 2. The maximum atomic E-state index is 13.0. The van der Waals surface area contributed by atoms with Gasteiger partial charge in [-0.05, 0) is 68.0 Å². The third kappa shape index (κ3) is 5.69. The van der Waals surface area contributed by atoms with Gasteiger partial charge in [0.1, 0.15) is 11.4 Å². The van der Waals surface area contributed by atoms with Crippen molar-refractivity contribution >= 4 is 11.8 Å². The molecule has 1 saturated carbocycles. The van der Waals surface area contributed by atoms with Gasteiger partial charge in [0.05, 0.1) is 12.7 Å². The lowest BCUT2D eigenvalue weighted by Crippen LogP contribution is -2.37. The molecular formula is C24H29N3O3. The molecule has 158 valence electrons. The SMILES string of the molecule is COc1cc(C)ccc1C(=O)NC(C(=O)NCCc1ccccn1)=C1CCCCC1. The number of aromatic nitrogens is 1. The van der Waals surface area contributed by atoms with Gasteiger partial charge in [-0.15, -0.1) is 0 Å². The fourth-order valence-electron chi connectivity index (χ4n) is 3.64. The summed E-state index contributed by atoms with van der Waals surface area (Å²) >= 11 is 0. The first-order valence-electron chi connectivity index (χ1n) is 10.4. The van der Waals surface area contributed by atoms with Crippen molar-refractivity contribution < 1.29 is 14.3 Å². The van der Waals surface area contributed by atoms with E-state index >= 15 is 0 Å². The maximum Gasteiger partial charge on any atom is 0.267 e. The predicted octanol–water partition coefficient (Wildman–Crippen LogP) is 3.71. The number of nitrogens with one attached hydrogen (secondary N) is 2. The van der Waals surface area contributed by atoms with Crippen LogP contribution in [0.2, 0.25) is 0 Å². The van der Waals surface area contributed by atoms with E-state index in [1.807, 2.05) is 37.3 Å². The van der Waals surface area contributed by atoms with Crippen molar-refractivity contribution in [3.63, 3.8) is 0 Å². The Morgan fingerprint density at radius 2 is 1.90 bits per heavy atom. The predicted molar refractivity (Wildman–Crippen MR) is 116 cm³/mol. The summed E-state index contributed by atoms with van der Waals surface area (Å²) in [6.07, 6.45) is 7.24. The summed E-state index contributed by atoms with van der Waals surface area (Å²) in [4.78, 5) is 30.2. The van der Waals surface area contributed by atoms with Gasteiger partial charge < -0.3 is 15.4 Å². The van der Waals surface area contributed by atoms with Crippen molar-refractivity contribution in [3.8, 4) is 5.75 Å². The van der Waals surface area contributed by atoms with Crippen LogP contribution in [0.4, 0.5) is 0 Å². The molecule has 0 saturated heterocycles. The Labute approximate surface area is 177 Å². The summed E-state index contributed by atoms with van der Waals surface area (Å²) in [5.41, 5.74) is 3.72. The summed E-state index contributed by atoms with van der Waals surface area (Å²) in [7, 11) is 1.54. The van der Waals surface area contributed by atoms with E-state index in [2.05, 4.69) is 15.6 Å².